The third kappa shape index (κ3) is 4.40. The summed E-state index contributed by atoms with van der Waals surface area (Å²) in [6.45, 7) is 2.23. The maximum Gasteiger partial charge on any atom is 0.338 e. The Morgan fingerprint density at radius 2 is 1.83 bits per heavy atom. The number of ether oxygens (including phenoxy) is 1. The van der Waals surface area contributed by atoms with Gasteiger partial charge in [0, 0.05) is 11.8 Å². The lowest BCUT2D eigenvalue weighted by atomic mass is 10.2. The van der Waals surface area contributed by atoms with Gasteiger partial charge < -0.3 is 15.0 Å². The van der Waals surface area contributed by atoms with Gasteiger partial charge in [-0.05, 0) is 30.7 Å². The summed E-state index contributed by atoms with van der Waals surface area (Å²) in [5, 5.41) is 2.51. The van der Waals surface area contributed by atoms with Crippen LogP contribution in [0.25, 0.3) is 0 Å². The fraction of sp³-hybridized carbons (Fsp3) is 0.200. The standard InChI is InChI=1S/C15H15N3O5/c1-2-7-23-14(21)9-3-5-10(6-4-9)16-13(20)11-8-12(19)18-15(22)17-11/h3-6,8H,2,7H2,1H3,(H,16,20)(H2,17,18,19,22). The fourth-order valence-electron chi connectivity index (χ4n) is 1.76. The van der Waals surface area contributed by atoms with Crippen LogP contribution in [0, 0.1) is 0 Å². The third-order valence-electron chi connectivity index (χ3n) is 2.82. The number of anilines is 1. The molecular weight excluding hydrogens is 302 g/mol. The number of hydrogen-bond donors (Lipinski definition) is 3. The minimum Gasteiger partial charge on any atom is -0.462 e. The molecule has 0 saturated heterocycles. The van der Waals surface area contributed by atoms with Crippen molar-refractivity contribution < 1.29 is 14.3 Å². The van der Waals surface area contributed by atoms with Gasteiger partial charge in [0.1, 0.15) is 5.69 Å². The van der Waals surface area contributed by atoms with Crippen molar-refractivity contribution in [3.8, 4) is 0 Å². The molecule has 0 aliphatic rings. The molecule has 0 radical (unpaired) electrons. The zero-order chi connectivity index (χ0) is 16.8. The molecule has 0 saturated carbocycles. The first-order valence-electron chi connectivity index (χ1n) is 6.92. The van der Waals surface area contributed by atoms with Gasteiger partial charge in [0.15, 0.2) is 0 Å². The lowest BCUT2D eigenvalue weighted by molar-refractivity contribution is 0.0505. The van der Waals surface area contributed by atoms with Gasteiger partial charge in [0.05, 0.1) is 12.2 Å². The normalized spacial score (nSPS) is 10.1. The van der Waals surface area contributed by atoms with Crippen LogP contribution in [0.5, 0.6) is 0 Å². The quantitative estimate of drug-likeness (QED) is 0.707. The van der Waals surface area contributed by atoms with Crippen molar-refractivity contribution in [2.75, 3.05) is 11.9 Å². The lowest BCUT2D eigenvalue weighted by Crippen LogP contribution is -2.27. The highest BCUT2D eigenvalue weighted by molar-refractivity contribution is 6.03. The number of amides is 1. The Kier molecular flexibility index (Phi) is 5.08. The van der Waals surface area contributed by atoms with Gasteiger partial charge in [0.25, 0.3) is 11.5 Å². The lowest BCUT2D eigenvalue weighted by Gasteiger charge is -2.06. The third-order valence-corrected chi connectivity index (χ3v) is 2.82. The first kappa shape index (κ1) is 16.2. The Balaban J connectivity index is 2.08. The highest BCUT2D eigenvalue weighted by Gasteiger charge is 2.10. The van der Waals surface area contributed by atoms with Gasteiger partial charge in [-0.15, -0.1) is 0 Å². The number of H-pyrrole nitrogens is 2. The van der Waals surface area contributed by atoms with Crippen LogP contribution in [0.4, 0.5) is 5.69 Å². The molecule has 1 heterocycles. The number of carbonyl (C=O) groups excluding carboxylic acids is 2. The molecule has 0 aliphatic carbocycles. The molecular formula is C15H15N3O5. The van der Waals surface area contributed by atoms with Gasteiger partial charge >= 0.3 is 11.7 Å². The van der Waals surface area contributed by atoms with E-state index in [2.05, 4.69) is 10.3 Å². The van der Waals surface area contributed by atoms with Crippen molar-refractivity contribution in [1.82, 2.24) is 9.97 Å². The Bertz CT molecular complexity index is 792. The van der Waals surface area contributed by atoms with Crippen molar-refractivity contribution in [2.45, 2.75) is 13.3 Å². The maximum atomic E-state index is 12.0. The van der Waals surface area contributed by atoms with Crippen LogP contribution in [0.15, 0.2) is 39.9 Å². The molecule has 3 N–H and O–H groups in total. The van der Waals surface area contributed by atoms with E-state index in [0.29, 0.717) is 17.9 Å². The highest BCUT2D eigenvalue weighted by atomic mass is 16.5. The molecule has 2 rings (SSSR count). The van der Waals surface area contributed by atoms with E-state index in [9.17, 15) is 19.2 Å². The summed E-state index contributed by atoms with van der Waals surface area (Å²) in [7, 11) is 0. The Hall–Kier alpha value is -3.16. The number of hydrogen-bond acceptors (Lipinski definition) is 5. The summed E-state index contributed by atoms with van der Waals surface area (Å²) < 4.78 is 4.99. The molecule has 1 aromatic heterocycles. The van der Waals surface area contributed by atoms with E-state index in [1.54, 1.807) is 0 Å². The van der Waals surface area contributed by atoms with Crippen LogP contribution in [-0.4, -0.2) is 28.5 Å². The number of aromatic amines is 2. The van der Waals surface area contributed by atoms with Crippen LogP contribution in [0.1, 0.15) is 34.2 Å². The molecule has 0 atom stereocenters. The van der Waals surface area contributed by atoms with E-state index in [1.807, 2.05) is 11.9 Å². The minimum absolute atomic E-state index is 0.162. The molecule has 0 bridgehead atoms. The van der Waals surface area contributed by atoms with Gasteiger partial charge in [-0.2, -0.15) is 0 Å². The maximum absolute atomic E-state index is 12.0. The first-order chi connectivity index (χ1) is 11.0. The Morgan fingerprint density at radius 1 is 1.13 bits per heavy atom. The van der Waals surface area contributed by atoms with E-state index < -0.39 is 23.1 Å². The van der Waals surface area contributed by atoms with Crippen LogP contribution >= 0.6 is 0 Å². The molecule has 0 spiro atoms. The SMILES string of the molecule is CCCOC(=O)c1ccc(NC(=O)c2cc(=O)[nH]c(=O)[nH]2)cc1. The Labute approximate surface area is 130 Å². The zero-order valence-electron chi connectivity index (χ0n) is 12.3. The van der Waals surface area contributed by atoms with Crippen LogP contribution in [-0.2, 0) is 4.74 Å². The molecule has 2 aromatic rings. The van der Waals surface area contributed by atoms with Crippen molar-refractivity contribution >= 4 is 17.6 Å². The second-order valence-electron chi connectivity index (χ2n) is 4.67. The van der Waals surface area contributed by atoms with Crippen molar-refractivity contribution in [3.63, 3.8) is 0 Å². The predicted octanol–water partition coefficient (Wildman–Crippen LogP) is 0.882. The molecule has 0 aliphatic heterocycles. The smallest absolute Gasteiger partial charge is 0.338 e. The molecule has 8 heteroatoms. The van der Waals surface area contributed by atoms with Crippen molar-refractivity contribution in [1.29, 1.82) is 0 Å². The van der Waals surface area contributed by atoms with Crippen molar-refractivity contribution in [2.24, 2.45) is 0 Å². The van der Waals surface area contributed by atoms with Crippen LogP contribution in [0.3, 0.4) is 0 Å². The van der Waals surface area contributed by atoms with E-state index >= 15 is 0 Å². The number of aromatic nitrogens is 2. The van der Waals surface area contributed by atoms with Gasteiger partial charge in [-0.25, -0.2) is 9.59 Å². The molecule has 0 unspecified atom stereocenters. The predicted molar refractivity (Wildman–Crippen MR) is 82.7 cm³/mol. The fourth-order valence-corrected chi connectivity index (χ4v) is 1.76. The van der Waals surface area contributed by atoms with Gasteiger partial charge in [-0.3, -0.25) is 14.6 Å². The van der Waals surface area contributed by atoms with Crippen LogP contribution in [0.2, 0.25) is 0 Å². The monoisotopic (exact) mass is 317 g/mol. The topological polar surface area (TPSA) is 121 Å². The first-order valence-corrected chi connectivity index (χ1v) is 6.92. The summed E-state index contributed by atoms with van der Waals surface area (Å²) in [6, 6.07) is 7.03. The highest BCUT2D eigenvalue weighted by Crippen LogP contribution is 2.11. The number of carbonyl (C=O) groups is 2. The average Bonchev–Trinajstić information content (AvgIpc) is 2.52. The summed E-state index contributed by atoms with van der Waals surface area (Å²) >= 11 is 0. The van der Waals surface area contributed by atoms with E-state index in [0.717, 1.165) is 12.5 Å². The van der Waals surface area contributed by atoms with Gasteiger partial charge in [0.2, 0.25) is 0 Å². The van der Waals surface area contributed by atoms with Gasteiger partial charge in [-0.1, -0.05) is 6.92 Å². The molecule has 8 nitrogen and oxygen atoms in total. The average molecular weight is 317 g/mol. The van der Waals surface area contributed by atoms with Crippen molar-refractivity contribution in [3.05, 3.63) is 62.4 Å². The largest absolute Gasteiger partial charge is 0.462 e. The summed E-state index contributed by atoms with van der Waals surface area (Å²) in [5.41, 5.74) is -0.834. The molecule has 120 valence electrons. The number of benzene rings is 1. The van der Waals surface area contributed by atoms with Crippen LogP contribution < -0.4 is 16.6 Å². The molecule has 0 fully saturated rings. The second-order valence-corrected chi connectivity index (χ2v) is 4.67. The summed E-state index contributed by atoms with van der Waals surface area (Å²) in [6.07, 6.45) is 0.730. The van der Waals surface area contributed by atoms with E-state index in [-0.39, 0.29) is 5.69 Å². The zero-order valence-corrected chi connectivity index (χ0v) is 12.3. The minimum atomic E-state index is -0.767. The Morgan fingerprint density at radius 3 is 2.43 bits per heavy atom. The summed E-state index contributed by atoms with van der Waals surface area (Å²) in [5.74, 6) is -1.09. The molecule has 1 amide bonds. The van der Waals surface area contributed by atoms with E-state index in [4.69, 9.17) is 4.74 Å². The number of nitrogens with one attached hydrogen (secondary N) is 3. The summed E-state index contributed by atoms with van der Waals surface area (Å²) in [4.78, 5) is 50.1. The second kappa shape index (κ2) is 7.21. The molecule has 23 heavy (non-hydrogen) atoms. The molecule has 1 aromatic carbocycles. The number of rotatable bonds is 5. The number of esters is 1. The van der Waals surface area contributed by atoms with E-state index in [1.165, 1.54) is 24.3 Å².